The molecule has 0 amide bonds. The summed E-state index contributed by atoms with van der Waals surface area (Å²) in [6.45, 7) is 0. The summed E-state index contributed by atoms with van der Waals surface area (Å²) in [4.78, 5) is 16.0. The summed E-state index contributed by atoms with van der Waals surface area (Å²) in [5, 5.41) is 4.68. The lowest BCUT2D eigenvalue weighted by Gasteiger charge is -2.19. The fourth-order valence-electron chi connectivity index (χ4n) is 9.19. The summed E-state index contributed by atoms with van der Waals surface area (Å²) in [6.07, 6.45) is 0. The summed E-state index contributed by atoms with van der Waals surface area (Å²) in [5.74, 6) is 1.24. The monoisotopic (exact) mass is 827 g/mol. The number of thiophene rings is 1. The summed E-state index contributed by atoms with van der Waals surface area (Å²) in [6, 6.07) is 57.6. The second kappa shape index (κ2) is 14.2. The molecule has 0 atom stereocenters. The Hall–Kier alpha value is -8.19. The van der Waals surface area contributed by atoms with Gasteiger partial charge in [0.1, 0.15) is 0 Å². The molecule has 4 aromatic heterocycles. The van der Waals surface area contributed by atoms with Crippen molar-refractivity contribution < 1.29 is 8.22 Å². The highest BCUT2D eigenvalue weighted by molar-refractivity contribution is 7.26. The molecule has 294 valence electrons. The summed E-state index contributed by atoms with van der Waals surface area (Å²) in [7, 11) is 0. The Morgan fingerprint density at radius 3 is 1.73 bits per heavy atom. The molecule has 13 aromatic rings. The molecule has 0 N–H and O–H groups in total. The van der Waals surface area contributed by atoms with Gasteiger partial charge in [-0.05, 0) is 53.6 Å². The molecule has 9 aromatic carbocycles. The van der Waals surface area contributed by atoms with Gasteiger partial charge >= 0.3 is 0 Å². The number of fused-ring (bicyclic) bond motifs is 9. The third kappa shape index (κ3) is 5.59. The van der Waals surface area contributed by atoms with Crippen molar-refractivity contribution in [2.45, 2.75) is 0 Å². The molecule has 0 spiro atoms. The Bertz CT molecular complexity index is 4220. The molecule has 0 fully saturated rings. The van der Waals surface area contributed by atoms with Gasteiger partial charge in [-0.2, -0.15) is 9.97 Å². The third-order valence-corrected chi connectivity index (χ3v) is 13.1. The number of aromatic nitrogens is 5. The normalized spacial score (nSPS) is 13.1. The first-order valence-corrected chi connectivity index (χ1v) is 21.5. The predicted octanol–water partition coefficient (Wildman–Crippen LogP) is 15.1. The van der Waals surface area contributed by atoms with E-state index in [0.717, 1.165) is 60.3 Å². The van der Waals surface area contributed by atoms with E-state index in [1.807, 2.05) is 103 Å². The van der Waals surface area contributed by atoms with Gasteiger partial charge in [0.25, 0.3) is 0 Å². The lowest BCUT2D eigenvalue weighted by atomic mass is 9.97. The van der Waals surface area contributed by atoms with Gasteiger partial charge in [-0.15, -0.1) is 11.3 Å². The molecule has 4 heterocycles. The molecule has 0 bridgehead atoms. The van der Waals surface area contributed by atoms with E-state index in [1.54, 1.807) is 0 Å². The number of rotatable bonds is 6. The number of hydrogen-bond acceptors (Lipinski definition) is 4. The number of benzene rings is 9. The Kier molecular flexibility index (Phi) is 6.75. The van der Waals surface area contributed by atoms with E-state index in [0.29, 0.717) is 49.4 Å². The average Bonchev–Trinajstić information content (AvgIpc) is 4.06. The van der Waals surface area contributed by atoms with Crippen LogP contribution in [0.15, 0.2) is 212 Å². The molecule has 0 saturated carbocycles. The first kappa shape index (κ1) is 29.9. The summed E-state index contributed by atoms with van der Waals surface area (Å²) >= 11 is 1.22. The zero-order valence-electron chi connectivity index (χ0n) is 39.4. The van der Waals surface area contributed by atoms with Crippen LogP contribution in [-0.4, -0.2) is 24.1 Å². The van der Waals surface area contributed by atoms with Crippen LogP contribution in [0, 0.1) is 0 Å². The van der Waals surface area contributed by atoms with Crippen molar-refractivity contribution in [3.05, 3.63) is 212 Å². The molecule has 0 radical (unpaired) electrons. The minimum absolute atomic E-state index is 0.0551. The highest BCUT2D eigenvalue weighted by Crippen LogP contribution is 2.46. The second-order valence-corrected chi connectivity index (χ2v) is 16.5. The van der Waals surface area contributed by atoms with Crippen LogP contribution in [0.5, 0.6) is 0 Å². The molecule has 13 rings (SSSR count). The van der Waals surface area contributed by atoms with Crippen molar-refractivity contribution >= 4 is 75.1 Å². The van der Waals surface area contributed by atoms with E-state index in [4.69, 9.17) is 19.1 Å². The van der Waals surface area contributed by atoms with E-state index < -0.39 is 0 Å². The number of hydrogen-bond donors (Lipinski definition) is 0. The summed E-state index contributed by atoms with van der Waals surface area (Å²) in [5.41, 5.74) is 8.85. The maximum Gasteiger partial charge on any atom is 0.238 e. The van der Waals surface area contributed by atoms with E-state index in [-0.39, 0.29) is 47.0 Å². The van der Waals surface area contributed by atoms with E-state index in [1.165, 1.54) is 17.4 Å². The molecule has 0 aliphatic rings. The van der Waals surface area contributed by atoms with Gasteiger partial charge in [-0.3, -0.25) is 4.57 Å². The fraction of sp³-hybridized carbons (Fsp3) is 0. The Labute approximate surface area is 374 Å². The van der Waals surface area contributed by atoms with E-state index >= 15 is 0 Å². The van der Waals surface area contributed by atoms with Gasteiger partial charge in [0.05, 0.1) is 36.0 Å². The highest BCUT2D eigenvalue weighted by atomic mass is 32.1. The Morgan fingerprint density at radius 2 is 0.984 bits per heavy atom. The van der Waals surface area contributed by atoms with Gasteiger partial charge in [0.15, 0.2) is 11.6 Å². The standard InChI is InChI=1S/C57H35N5S/c1-3-17-36(18-4-1)38-33-34-51-47(35-38)41-23-9-13-31-50(41)62(51)57-59-55(37-19-5-2-6-20-37)58-56(60-57)46-28-15-25-43(45-27-16-26-44-42-24-10-14-32-52(42)63-54(44)45)53(46)61-48-29-11-7-21-39(48)40-22-8-12-30-49(40)61/h1-35H/i10D,16D,24D,26D,27D,32D. The average molecular weight is 828 g/mol. The largest absolute Gasteiger partial charge is 0.308 e. The zero-order valence-corrected chi connectivity index (χ0v) is 34.2. The Balaban J connectivity index is 1.17. The smallest absolute Gasteiger partial charge is 0.238 e. The number of para-hydroxylation sites is 4. The fourth-order valence-corrected chi connectivity index (χ4v) is 10.3. The van der Waals surface area contributed by atoms with Gasteiger partial charge in [-0.25, -0.2) is 4.98 Å². The summed E-state index contributed by atoms with van der Waals surface area (Å²) < 4.78 is 59.9. The molecule has 5 nitrogen and oxygen atoms in total. The SMILES string of the molecule is [2H]c1cc([2H])c2sc3c(-c4cccc(-c5nc(-c6ccccc6)nc(-n6c7ccccc7c7cc(-c8ccccc8)ccc76)n5)c4-n4c5ccccc5c5ccccc54)c([2H])c([2H])c([2H])c3c2c1[2H]. The lowest BCUT2D eigenvalue weighted by molar-refractivity contribution is 0.952. The predicted molar refractivity (Wildman–Crippen MR) is 263 cm³/mol. The van der Waals surface area contributed by atoms with Crippen LogP contribution in [0.3, 0.4) is 0 Å². The van der Waals surface area contributed by atoms with Crippen LogP contribution in [0.2, 0.25) is 0 Å². The van der Waals surface area contributed by atoms with Crippen molar-refractivity contribution in [2.24, 2.45) is 0 Å². The molecule has 6 heteroatoms. The van der Waals surface area contributed by atoms with Crippen LogP contribution in [0.4, 0.5) is 0 Å². The van der Waals surface area contributed by atoms with Crippen LogP contribution < -0.4 is 0 Å². The van der Waals surface area contributed by atoms with Crippen molar-refractivity contribution in [3.8, 4) is 56.7 Å². The molecule has 63 heavy (non-hydrogen) atoms. The van der Waals surface area contributed by atoms with Crippen molar-refractivity contribution in [3.63, 3.8) is 0 Å². The van der Waals surface area contributed by atoms with E-state index in [9.17, 15) is 4.11 Å². The molecular weight excluding hydrogens is 787 g/mol. The first-order valence-electron chi connectivity index (χ1n) is 23.7. The van der Waals surface area contributed by atoms with Crippen LogP contribution in [0.25, 0.3) is 120 Å². The topological polar surface area (TPSA) is 48.5 Å². The van der Waals surface area contributed by atoms with Gasteiger partial charge in [-0.1, -0.05) is 170 Å². The minimum atomic E-state index is -0.312. The Morgan fingerprint density at radius 1 is 0.381 bits per heavy atom. The quantitative estimate of drug-likeness (QED) is 0.168. The van der Waals surface area contributed by atoms with Crippen molar-refractivity contribution in [1.82, 2.24) is 24.1 Å². The molecule has 0 saturated heterocycles. The molecule has 0 aliphatic heterocycles. The van der Waals surface area contributed by atoms with Gasteiger partial charge < -0.3 is 4.57 Å². The molecule has 0 unspecified atom stereocenters. The molecular formula is C57H35N5S. The highest BCUT2D eigenvalue weighted by Gasteiger charge is 2.25. The van der Waals surface area contributed by atoms with Crippen LogP contribution >= 0.6 is 11.3 Å². The second-order valence-electron chi connectivity index (χ2n) is 15.5. The van der Waals surface area contributed by atoms with Crippen LogP contribution in [0.1, 0.15) is 8.22 Å². The zero-order chi connectivity index (χ0) is 46.7. The number of nitrogens with zero attached hydrogens (tertiary/aromatic N) is 5. The van der Waals surface area contributed by atoms with Crippen molar-refractivity contribution in [1.29, 1.82) is 0 Å². The lowest BCUT2D eigenvalue weighted by Crippen LogP contribution is -2.08. The van der Waals surface area contributed by atoms with E-state index in [2.05, 4.69) is 75.9 Å². The maximum atomic E-state index is 9.72. The van der Waals surface area contributed by atoms with Gasteiger partial charge in [0.2, 0.25) is 5.95 Å². The molecule has 0 aliphatic carbocycles. The minimum Gasteiger partial charge on any atom is -0.308 e. The van der Waals surface area contributed by atoms with Crippen molar-refractivity contribution in [2.75, 3.05) is 0 Å². The van der Waals surface area contributed by atoms with Gasteiger partial charge in [0, 0.05) is 64.0 Å². The third-order valence-electron chi connectivity index (χ3n) is 12.0. The first-order chi connectivity index (χ1) is 33.7. The van der Waals surface area contributed by atoms with Crippen LogP contribution in [-0.2, 0) is 0 Å². The maximum absolute atomic E-state index is 9.72.